The van der Waals surface area contributed by atoms with Crippen molar-refractivity contribution in [2.75, 3.05) is 13.2 Å². The van der Waals surface area contributed by atoms with Crippen LogP contribution < -0.4 is 5.32 Å². The second-order valence-corrected chi connectivity index (χ2v) is 7.73. The molecule has 144 valence electrons. The molecule has 1 saturated heterocycles. The van der Waals surface area contributed by atoms with Gasteiger partial charge in [-0.25, -0.2) is 9.78 Å². The van der Waals surface area contributed by atoms with Gasteiger partial charge in [0, 0.05) is 37.7 Å². The number of carbonyl (C=O) groups is 2. The first-order chi connectivity index (χ1) is 12.9. The van der Waals surface area contributed by atoms with Crippen molar-refractivity contribution in [2.24, 2.45) is 0 Å². The molecule has 8 nitrogen and oxygen atoms in total. The standard InChI is InChI=1S/C19H23N3O5/c1-10(2)15-14-12(9-13(11-3-4-11)20-17(14)27-22-15)16(23)21-19(18(24)25)5-7-26-8-6-19/h9-11H,3-8H2,1-2H3,(H,21,23)(H,24,25). The highest BCUT2D eigenvalue weighted by Crippen LogP contribution is 2.41. The second kappa shape index (κ2) is 6.60. The summed E-state index contributed by atoms with van der Waals surface area (Å²) in [5.41, 5.74) is 0.861. The lowest BCUT2D eigenvalue weighted by Crippen LogP contribution is -2.57. The van der Waals surface area contributed by atoms with Crippen molar-refractivity contribution in [3.05, 3.63) is 23.0 Å². The molecule has 1 aliphatic carbocycles. The van der Waals surface area contributed by atoms with E-state index in [-0.39, 0.29) is 18.8 Å². The highest BCUT2D eigenvalue weighted by molar-refractivity contribution is 6.07. The maximum atomic E-state index is 13.2. The van der Waals surface area contributed by atoms with Gasteiger partial charge >= 0.3 is 5.97 Å². The number of hydrogen-bond acceptors (Lipinski definition) is 6. The Morgan fingerprint density at radius 1 is 1.30 bits per heavy atom. The van der Waals surface area contributed by atoms with Crippen LogP contribution in [0.5, 0.6) is 0 Å². The average Bonchev–Trinajstić information content (AvgIpc) is 3.40. The van der Waals surface area contributed by atoms with Crippen molar-refractivity contribution in [3.63, 3.8) is 0 Å². The summed E-state index contributed by atoms with van der Waals surface area (Å²) in [6.45, 7) is 4.53. The van der Waals surface area contributed by atoms with E-state index in [1.54, 1.807) is 6.07 Å². The third kappa shape index (κ3) is 3.18. The predicted octanol–water partition coefficient (Wildman–Crippen LogP) is 2.59. The van der Waals surface area contributed by atoms with Crippen LogP contribution in [-0.4, -0.2) is 45.9 Å². The Bertz CT molecular complexity index is 894. The summed E-state index contributed by atoms with van der Waals surface area (Å²) in [5.74, 6) is -1.10. The summed E-state index contributed by atoms with van der Waals surface area (Å²) in [5, 5.41) is 17.2. The fraction of sp³-hybridized carbons (Fsp3) is 0.579. The van der Waals surface area contributed by atoms with Gasteiger partial charge in [-0.1, -0.05) is 19.0 Å². The van der Waals surface area contributed by atoms with Gasteiger partial charge in [-0.2, -0.15) is 0 Å². The molecular formula is C19H23N3O5. The zero-order valence-electron chi connectivity index (χ0n) is 15.4. The smallest absolute Gasteiger partial charge is 0.329 e. The minimum Gasteiger partial charge on any atom is -0.480 e. The minimum absolute atomic E-state index is 0.0443. The lowest BCUT2D eigenvalue weighted by atomic mass is 9.89. The quantitative estimate of drug-likeness (QED) is 0.828. The van der Waals surface area contributed by atoms with Crippen LogP contribution in [0, 0.1) is 0 Å². The molecule has 2 aromatic rings. The van der Waals surface area contributed by atoms with E-state index in [2.05, 4.69) is 15.5 Å². The molecule has 4 rings (SSSR count). The van der Waals surface area contributed by atoms with Crippen molar-refractivity contribution in [3.8, 4) is 0 Å². The Hall–Kier alpha value is -2.48. The number of carboxylic acids is 1. The van der Waals surface area contributed by atoms with Crippen molar-refractivity contribution >= 4 is 23.0 Å². The summed E-state index contributed by atoms with van der Waals surface area (Å²) >= 11 is 0. The molecule has 2 aromatic heterocycles. The Morgan fingerprint density at radius 2 is 2.00 bits per heavy atom. The number of hydrogen-bond donors (Lipinski definition) is 2. The fourth-order valence-corrected chi connectivity index (χ4v) is 3.55. The molecule has 3 heterocycles. The summed E-state index contributed by atoms with van der Waals surface area (Å²) in [6.07, 6.45) is 2.53. The molecule has 27 heavy (non-hydrogen) atoms. The molecule has 0 radical (unpaired) electrons. The van der Waals surface area contributed by atoms with E-state index in [4.69, 9.17) is 9.26 Å². The Morgan fingerprint density at radius 3 is 2.59 bits per heavy atom. The third-order valence-electron chi connectivity index (χ3n) is 5.39. The van der Waals surface area contributed by atoms with E-state index < -0.39 is 17.4 Å². The molecule has 1 amide bonds. The van der Waals surface area contributed by atoms with E-state index >= 15 is 0 Å². The van der Waals surface area contributed by atoms with Gasteiger partial charge in [0.15, 0.2) is 0 Å². The molecule has 8 heteroatoms. The zero-order valence-corrected chi connectivity index (χ0v) is 15.4. The normalized spacial score (nSPS) is 19.4. The largest absolute Gasteiger partial charge is 0.480 e. The van der Waals surface area contributed by atoms with Gasteiger partial charge in [-0.3, -0.25) is 4.79 Å². The number of carboxylic acid groups (broad SMARTS) is 1. The van der Waals surface area contributed by atoms with Gasteiger partial charge in [0.1, 0.15) is 5.54 Å². The maximum Gasteiger partial charge on any atom is 0.329 e. The van der Waals surface area contributed by atoms with Crippen molar-refractivity contribution in [2.45, 2.75) is 56.9 Å². The SMILES string of the molecule is CC(C)c1noc2nc(C3CC3)cc(C(=O)NC3(C(=O)O)CCOCC3)c12. The summed E-state index contributed by atoms with van der Waals surface area (Å²) in [4.78, 5) is 29.6. The molecule has 1 aliphatic heterocycles. The predicted molar refractivity (Wildman–Crippen MR) is 95.8 cm³/mol. The number of ether oxygens (including phenoxy) is 1. The van der Waals surface area contributed by atoms with Crippen molar-refractivity contribution in [1.82, 2.24) is 15.5 Å². The number of nitrogens with zero attached hydrogens (tertiary/aromatic N) is 2. The Labute approximate surface area is 156 Å². The van der Waals surface area contributed by atoms with Gasteiger partial charge in [-0.05, 0) is 24.8 Å². The van der Waals surface area contributed by atoms with E-state index in [1.807, 2.05) is 13.8 Å². The van der Waals surface area contributed by atoms with Gasteiger partial charge in [-0.15, -0.1) is 0 Å². The topological polar surface area (TPSA) is 115 Å². The van der Waals surface area contributed by atoms with Crippen LogP contribution in [0.1, 0.15) is 73.1 Å². The zero-order chi connectivity index (χ0) is 19.2. The molecule has 1 saturated carbocycles. The first-order valence-corrected chi connectivity index (χ1v) is 9.35. The van der Waals surface area contributed by atoms with E-state index in [1.165, 1.54) is 0 Å². The molecule has 0 atom stereocenters. The van der Waals surface area contributed by atoms with Crippen molar-refractivity contribution < 1.29 is 24.0 Å². The van der Waals surface area contributed by atoms with Gasteiger partial charge in [0.2, 0.25) is 0 Å². The van der Waals surface area contributed by atoms with Crippen LogP contribution >= 0.6 is 0 Å². The number of carbonyl (C=O) groups excluding carboxylic acids is 1. The first-order valence-electron chi connectivity index (χ1n) is 9.35. The second-order valence-electron chi connectivity index (χ2n) is 7.73. The molecule has 0 unspecified atom stereocenters. The molecule has 0 spiro atoms. The average molecular weight is 373 g/mol. The number of nitrogens with one attached hydrogen (secondary N) is 1. The van der Waals surface area contributed by atoms with E-state index in [9.17, 15) is 14.7 Å². The molecule has 0 bridgehead atoms. The molecule has 2 aliphatic rings. The highest BCUT2D eigenvalue weighted by Gasteiger charge is 2.42. The van der Waals surface area contributed by atoms with Crippen LogP contribution in [0.3, 0.4) is 0 Å². The molecule has 2 N–H and O–H groups in total. The highest BCUT2D eigenvalue weighted by atomic mass is 16.5. The minimum atomic E-state index is -1.32. The van der Waals surface area contributed by atoms with Crippen LogP contribution in [0.4, 0.5) is 0 Å². The molecule has 0 aromatic carbocycles. The monoisotopic (exact) mass is 373 g/mol. The summed E-state index contributed by atoms with van der Waals surface area (Å²) in [6, 6.07) is 1.77. The van der Waals surface area contributed by atoms with Crippen molar-refractivity contribution in [1.29, 1.82) is 0 Å². The van der Waals surface area contributed by atoms with Crippen LogP contribution in [0.25, 0.3) is 11.1 Å². The van der Waals surface area contributed by atoms with Gasteiger partial charge < -0.3 is 19.7 Å². The van der Waals surface area contributed by atoms with Crippen LogP contribution in [-0.2, 0) is 9.53 Å². The lowest BCUT2D eigenvalue weighted by Gasteiger charge is -2.34. The number of fused-ring (bicyclic) bond motifs is 1. The first kappa shape index (κ1) is 17.9. The Balaban J connectivity index is 1.77. The third-order valence-corrected chi connectivity index (χ3v) is 5.39. The number of aliphatic carboxylic acids is 1. The number of pyridine rings is 1. The Kier molecular flexibility index (Phi) is 4.38. The molecule has 2 fully saturated rings. The molecular weight excluding hydrogens is 350 g/mol. The number of aromatic nitrogens is 2. The number of rotatable bonds is 5. The fourth-order valence-electron chi connectivity index (χ4n) is 3.55. The van der Waals surface area contributed by atoms with Crippen LogP contribution in [0.15, 0.2) is 10.6 Å². The van der Waals surface area contributed by atoms with Crippen LogP contribution in [0.2, 0.25) is 0 Å². The lowest BCUT2D eigenvalue weighted by molar-refractivity contribution is -0.148. The van der Waals surface area contributed by atoms with Gasteiger partial charge in [0.25, 0.3) is 11.6 Å². The number of amides is 1. The summed E-state index contributed by atoms with van der Waals surface area (Å²) < 4.78 is 10.7. The van der Waals surface area contributed by atoms with E-state index in [0.29, 0.717) is 41.5 Å². The van der Waals surface area contributed by atoms with E-state index in [0.717, 1.165) is 18.5 Å². The van der Waals surface area contributed by atoms with Gasteiger partial charge in [0.05, 0.1) is 16.6 Å². The summed E-state index contributed by atoms with van der Waals surface area (Å²) in [7, 11) is 0. The maximum absolute atomic E-state index is 13.2.